The van der Waals surface area contributed by atoms with Gasteiger partial charge in [0, 0.05) is 11.6 Å². The van der Waals surface area contributed by atoms with Crippen LogP contribution in [0.4, 0.5) is 0 Å². The van der Waals surface area contributed by atoms with Gasteiger partial charge in [-0.1, -0.05) is 30.1 Å². The van der Waals surface area contributed by atoms with Gasteiger partial charge in [0.1, 0.15) is 0 Å². The summed E-state index contributed by atoms with van der Waals surface area (Å²) in [5.74, 6) is 0. The quantitative estimate of drug-likeness (QED) is 0.910. The molecule has 0 radical (unpaired) electrons. The molecule has 2 unspecified atom stereocenters. The van der Waals surface area contributed by atoms with E-state index in [1.54, 1.807) is 18.2 Å². The molecular weight excluding hydrogens is 253 g/mol. The third-order valence-corrected chi connectivity index (χ3v) is 4.71. The van der Waals surface area contributed by atoms with Crippen LogP contribution in [0, 0.1) is 0 Å². The second-order valence-corrected chi connectivity index (χ2v) is 5.68. The molecule has 1 rings (SSSR count). The van der Waals surface area contributed by atoms with Crippen LogP contribution in [0.25, 0.3) is 0 Å². The predicted molar refractivity (Wildman–Crippen MR) is 66.0 cm³/mol. The first kappa shape index (κ1) is 13.0. The highest BCUT2D eigenvalue weighted by molar-refractivity contribution is 7.85. The fraction of sp³-hybridized carbons (Fsp3) is 0.400. The van der Waals surface area contributed by atoms with Gasteiger partial charge >= 0.3 is 0 Å². The lowest BCUT2D eigenvalue weighted by molar-refractivity contribution is 0.664. The molecule has 0 aliphatic carbocycles. The zero-order valence-electron chi connectivity index (χ0n) is 8.37. The molecule has 0 bridgehead atoms. The third-order valence-electron chi connectivity index (χ3n) is 2.13. The molecule has 0 heterocycles. The highest BCUT2D eigenvalue weighted by Crippen LogP contribution is 2.25. The highest BCUT2D eigenvalue weighted by atomic mass is 35.5. The van der Waals surface area contributed by atoms with Crippen LogP contribution in [-0.2, 0) is 10.8 Å². The van der Waals surface area contributed by atoms with Crippen molar-refractivity contribution in [2.24, 2.45) is 5.73 Å². The Bertz CT molecular complexity index is 366. The first-order valence-electron chi connectivity index (χ1n) is 4.65. The van der Waals surface area contributed by atoms with Crippen LogP contribution in [-0.4, -0.2) is 16.0 Å². The fourth-order valence-electron chi connectivity index (χ4n) is 1.22. The third kappa shape index (κ3) is 3.18. The Kier molecular flexibility index (Phi) is 5.06. The summed E-state index contributed by atoms with van der Waals surface area (Å²) in [4.78, 5) is 0.571. The van der Waals surface area contributed by atoms with Gasteiger partial charge in [0.2, 0.25) is 0 Å². The van der Waals surface area contributed by atoms with Gasteiger partial charge in [-0.2, -0.15) is 0 Å². The van der Waals surface area contributed by atoms with Crippen LogP contribution in [0.3, 0.4) is 0 Å². The van der Waals surface area contributed by atoms with E-state index in [2.05, 4.69) is 0 Å². The Morgan fingerprint density at radius 1 is 1.47 bits per heavy atom. The largest absolute Gasteiger partial charge is 0.329 e. The monoisotopic (exact) mass is 265 g/mol. The summed E-state index contributed by atoms with van der Waals surface area (Å²) in [7, 11) is -1.18. The van der Waals surface area contributed by atoms with Crippen LogP contribution in [0.5, 0.6) is 0 Å². The van der Waals surface area contributed by atoms with E-state index in [-0.39, 0.29) is 5.25 Å². The van der Waals surface area contributed by atoms with E-state index in [9.17, 15) is 4.21 Å². The number of hydrogen-bond acceptors (Lipinski definition) is 2. The number of hydrogen-bond donors (Lipinski definition) is 1. The Balaban J connectivity index is 3.04. The molecule has 5 heteroatoms. The molecular formula is C10H13Cl2NOS. The van der Waals surface area contributed by atoms with E-state index in [4.69, 9.17) is 28.9 Å². The lowest BCUT2D eigenvalue weighted by Crippen LogP contribution is -2.24. The average Bonchev–Trinajstić information content (AvgIpc) is 2.23. The van der Waals surface area contributed by atoms with Crippen molar-refractivity contribution in [1.29, 1.82) is 0 Å². The van der Waals surface area contributed by atoms with Gasteiger partial charge < -0.3 is 5.73 Å². The van der Waals surface area contributed by atoms with Gasteiger partial charge in [-0.05, 0) is 24.6 Å². The number of nitrogens with two attached hydrogens (primary N) is 1. The second kappa shape index (κ2) is 5.85. The molecule has 0 spiro atoms. The molecule has 2 atom stereocenters. The maximum Gasteiger partial charge on any atom is 0.0592 e. The average molecular weight is 266 g/mol. The lowest BCUT2D eigenvalue weighted by Gasteiger charge is -2.13. The van der Waals surface area contributed by atoms with E-state index in [0.29, 0.717) is 21.5 Å². The molecule has 0 aliphatic heterocycles. The minimum atomic E-state index is -1.18. The van der Waals surface area contributed by atoms with Crippen LogP contribution in [0.15, 0.2) is 23.1 Å². The van der Waals surface area contributed by atoms with Crippen LogP contribution in [0.1, 0.15) is 13.3 Å². The van der Waals surface area contributed by atoms with E-state index in [1.165, 1.54) is 0 Å². The van der Waals surface area contributed by atoms with Crippen molar-refractivity contribution in [2.45, 2.75) is 23.5 Å². The molecule has 2 nitrogen and oxygen atoms in total. The Hall–Kier alpha value is -0.0900. The molecule has 15 heavy (non-hydrogen) atoms. The van der Waals surface area contributed by atoms with Gasteiger partial charge in [0.05, 0.1) is 26.0 Å². The molecule has 0 saturated heterocycles. The van der Waals surface area contributed by atoms with E-state index in [1.807, 2.05) is 6.92 Å². The minimum absolute atomic E-state index is 0.0685. The summed E-state index contributed by atoms with van der Waals surface area (Å²) in [5, 5.41) is 0.945. The molecule has 0 amide bonds. The van der Waals surface area contributed by atoms with Crippen molar-refractivity contribution in [3.05, 3.63) is 28.2 Å². The number of rotatable bonds is 4. The summed E-state index contributed by atoms with van der Waals surface area (Å²) in [6.07, 6.45) is 0.756. The molecule has 2 N–H and O–H groups in total. The van der Waals surface area contributed by atoms with E-state index < -0.39 is 10.8 Å². The zero-order valence-corrected chi connectivity index (χ0v) is 10.7. The molecule has 84 valence electrons. The molecule has 0 saturated carbocycles. The van der Waals surface area contributed by atoms with Gasteiger partial charge in [0.15, 0.2) is 0 Å². The minimum Gasteiger partial charge on any atom is -0.329 e. The van der Waals surface area contributed by atoms with Crippen LogP contribution >= 0.6 is 23.2 Å². The van der Waals surface area contributed by atoms with Crippen molar-refractivity contribution in [3.63, 3.8) is 0 Å². The normalized spacial score (nSPS) is 14.9. The van der Waals surface area contributed by atoms with Crippen molar-refractivity contribution in [1.82, 2.24) is 0 Å². The van der Waals surface area contributed by atoms with Crippen LogP contribution in [0.2, 0.25) is 10.0 Å². The van der Waals surface area contributed by atoms with Crippen molar-refractivity contribution >= 4 is 34.0 Å². The van der Waals surface area contributed by atoms with E-state index >= 15 is 0 Å². The highest BCUT2D eigenvalue weighted by Gasteiger charge is 2.17. The lowest BCUT2D eigenvalue weighted by atomic mass is 10.3. The molecule has 0 aromatic heterocycles. The van der Waals surface area contributed by atoms with Crippen molar-refractivity contribution < 1.29 is 4.21 Å². The molecule has 0 fully saturated rings. The maximum atomic E-state index is 12.1. The first-order chi connectivity index (χ1) is 7.10. The standard InChI is InChI=1S/C10H13Cl2NOS/c1-2-8(6-13)15(14)10-5-7(11)3-4-9(10)12/h3-5,8H,2,6,13H2,1H3. The van der Waals surface area contributed by atoms with Gasteiger partial charge in [-0.15, -0.1) is 0 Å². The summed E-state index contributed by atoms with van der Waals surface area (Å²) in [6, 6.07) is 4.96. The Morgan fingerprint density at radius 3 is 2.67 bits per heavy atom. The summed E-state index contributed by atoms with van der Waals surface area (Å²) in [5.41, 5.74) is 5.54. The summed E-state index contributed by atoms with van der Waals surface area (Å²) >= 11 is 11.8. The molecule has 1 aromatic rings. The van der Waals surface area contributed by atoms with Crippen LogP contribution < -0.4 is 5.73 Å². The summed E-state index contributed by atoms with van der Waals surface area (Å²) in [6.45, 7) is 2.33. The smallest absolute Gasteiger partial charge is 0.0592 e. The SMILES string of the molecule is CCC(CN)S(=O)c1cc(Cl)ccc1Cl. The van der Waals surface area contributed by atoms with Gasteiger partial charge in [-0.25, -0.2) is 0 Å². The number of halogens is 2. The first-order valence-corrected chi connectivity index (χ1v) is 6.62. The van der Waals surface area contributed by atoms with Gasteiger partial charge in [0.25, 0.3) is 0 Å². The van der Waals surface area contributed by atoms with Crippen molar-refractivity contribution in [2.75, 3.05) is 6.54 Å². The topological polar surface area (TPSA) is 43.1 Å². The van der Waals surface area contributed by atoms with E-state index in [0.717, 1.165) is 6.42 Å². The van der Waals surface area contributed by atoms with Gasteiger partial charge in [-0.3, -0.25) is 4.21 Å². The second-order valence-electron chi connectivity index (χ2n) is 3.14. The predicted octanol–water partition coefficient (Wildman–Crippen LogP) is 2.84. The number of benzene rings is 1. The van der Waals surface area contributed by atoms with Crippen molar-refractivity contribution in [3.8, 4) is 0 Å². The molecule has 0 aliphatic rings. The fourth-order valence-corrected chi connectivity index (χ4v) is 3.14. The Morgan fingerprint density at radius 2 is 2.13 bits per heavy atom. The maximum absolute atomic E-state index is 12.1. The molecule has 1 aromatic carbocycles. The summed E-state index contributed by atoms with van der Waals surface area (Å²) < 4.78 is 12.1. The Labute approximate surface area is 102 Å². The zero-order chi connectivity index (χ0) is 11.4.